The Hall–Kier alpha value is -1.56. The summed E-state index contributed by atoms with van der Waals surface area (Å²) >= 11 is 3.40. The fourth-order valence-corrected chi connectivity index (χ4v) is 2.85. The Bertz CT molecular complexity index is 586. The average Bonchev–Trinajstić information content (AvgIpc) is 2.42. The fraction of sp³-hybridized carbons (Fsp3) is 0.467. The molecule has 1 atom stereocenters. The van der Waals surface area contributed by atoms with E-state index in [1.165, 1.54) is 0 Å². The molecule has 6 heteroatoms. The van der Waals surface area contributed by atoms with Gasteiger partial charge in [-0.2, -0.15) is 0 Å². The molecule has 0 aliphatic carbocycles. The van der Waals surface area contributed by atoms with Crippen molar-refractivity contribution in [2.75, 3.05) is 12.0 Å². The second-order valence-electron chi connectivity index (χ2n) is 5.53. The first-order valence-corrected chi connectivity index (χ1v) is 7.60. The molecule has 1 aliphatic rings. The quantitative estimate of drug-likeness (QED) is 0.906. The maximum absolute atomic E-state index is 12.8. The highest BCUT2D eigenvalue weighted by Crippen LogP contribution is 2.36. The van der Waals surface area contributed by atoms with Gasteiger partial charge in [-0.15, -0.1) is 0 Å². The number of benzene rings is 1. The Morgan fingerprint density at radius 2 is 2.05 bits per heavy atom. The summed E-state index contributed by atoms with van der Waals surface area (Å²) < 4.78 is 6.18. The van der Waals surface area contributed by atoms with Crippen LogP contribution in [0.1, 0.15) is 27.2 Å². The minimum absolute atomic E-state index is 0.148. The van der Waals surface area contributed by atoms with Crippen LogP contribution in [0.25, 0.3) is 0 Å². The van der Waals surface area contributed by atoms with E-state index in [1.807, 2.05) is 13.0 Å². The van der Waals surface area contributed by atoms with Gasteiger partial charge in [0, 0.05) is 4.47 Å². The second kappa shape index (κ2) is 5.67. The number of methoxy groups -OCH3 is 1. The monoisotopic (exact) mass is 354 g/mol. The molecule has 5 nitrogen and oxygen atoms in total. The third-order valence-electron chi connectivity index (χ3n) is 3.59. The molecule has 1 heterocycles. The summed E-state index contributed by atoms with van der Waals surface area (Å²) in [5.41, 5.74) is -0.331. The third-order valence-corrected chi connectivity index (χ3v) is 4.08. The molecule has 2 rings (SSSR count). The Kier molecular flexibility index (Phi) is 4.27. The van der Waals surface area contributed by atoms with Crippen molar-refractivity contribution in [3.05, 3.63) is 22.7 Å². The van der Waals surface area contributed by atoms with Crippen molar-refractivity contribution in [2.45, 2.75) is 38.8 Å². The van der Waals surface area contributed by atoms with Crippen molar-refractivity contribution in [3.8, 4) is 5.75 Å². The van der Waals surface area contributed by atoms with Crippen molar-refractivity contribution < 1.29 is 14.3 Å². The molecule has 2 amide bonds. The van der Waals surface area contributed by atoms with E-state index in [1.54, 1.807) is 38.0 Å². The average molecular weight is 355 g/mol. The van der Waals surface area contributed by atoms with E-state index in [-0.39, 0.29) is 11.8 Å². The number of rotatable bonds is 3. The lowest BCUT2D eigenvalue weighted by atomic mass is 9.95. The van der Waals surface area contributed by atoms with Crippen molar-refractivity contribution in [2.24, 2.45) is 0 Å². The number of nitrogens with one attached hydrogen (secondary N) is 1. The largest absolute Gasteiger partial charge is 0.495 e. The summed E-state index contributed by atoms with van der Waals surface area (Å²) in [6.07, 6.45) is 0.531. The molecule has 0 spiro atoms. The SMILES string of the molecule is CCC1C(=O)NC(C)(C)C(=O)N1c1cc(Br)ccc1OC. The molecular formula is C15H19BrN2O3. The van der Waals surface area contributed by atoms with Crippen molar-refractivity contribution >= 4 is 33.4 Å². The van der Waals surface area contributed by atoms with Crippen LogP contribution in [0.3, 0.4) is 0 Å². The molecular weight excluding hydrogens is 336 g/mol. The van der Waals surface area contributed by atoms with Gasteiger partial charge in [0.15, 0.2) is 0 Å². The van der Waals surface area contributed by atoms with Gasteiger partial charge in [-0.3, -0.25) is 14.5 Å². The van der Waals surface area contributed by atoms with E-state index >= 15 is 0 Å². The van der Waals surface area contributed by atoms with Crippen LogP contribution in [0.5, 0.6) is 5.75 Å². The van der Waals surface area contributed by atoms with E-state index in [0.29, 0.717) is 17.9 Å². The van der Waals surface area contributed by atoms with Crippen LogP contribution in [-0.2, 0) is 9.59 Å². The second-order valence-corrected chi connectivity index (χ2v) is 6.45. The molecule has 0 saturated carbocycles. The van der Waals surface area contributed by atoms with Crippen LogP contribution >= 0.6 is 15.9 Å². The Morgan fingerprint density at radius 1 is 1.38 bits per heavy atom. The standard InChI is InChI=1S/C15H19BrN2O3/c1-5-10-13(19)17-15(2,3)14(20)18(10)11-8-9(16)6-7-12(11)21-4/h6-8,10H,5H2,1-4H3,(H,17,19). The summed E-state index contributed by atoms with van der Waals surface area (Å²) in [6.45, 7) is 5.29. The van der Waals surface area contributed by atoms with Crippen LogP contribution in [0, 0.1) is 0 Å². The van der Waals surface area contributed by atoms with Gasteiger partial charge in [-0.25, -0.2) is 0 Å². The molecule has 0 bridgehead atoms. The molecule has 1 saturated heterocycles. The molecule has 1 unspecified atom stereocenters. The number of hydrogen-bond acceptors (Lipinski definition) is 3. The van der Waals surface area contributed by atoms with Gasteiger partial charge in [0.05, 0.1) is 12.8 Å². The number of carbonyl (C=O) groups is 2. The zero-order valence-electron chi connectivity index (χ0n) is 12.6. The fourth-order valence-electron chi connectivity index (χ4n) is 2.50. The molecule has 0 aromatic heterocycles. The smallest absolute Gasteiger partial charge is 0.253 e. The Morgan fingerprint density at radius 3 is 2.62 bits per heavy atom. The summed E-state index contributed by atoms with van der Waals surface area (Å²) in [7, 11) is 1.55. The predicted molar refractivity (Wildman–Crippen MR) is 84.5 cm³/mol. The van der Waals surface area contributed by atoms with E-state index in [0.717, 1.165) is 4.47 Å². The number of piperazine rings is 1. The number of halogens is 1. The lowest BCUT2D eigenvalue weighted by molar-refractivity contribution is -0.137. The lowest BCUT2D eigenvalue weighted by Crippen LogP contribution is -2.68. The predicted octanol–water partition coefficient (Wildman–Crippen LogP) is 2.48. The normalized spacial score (nSPS) is 21.2. The van der Waals surface area contributed by atoms with Gasteiger partial charge in [0.2, 0.25) is 5.91 Å². The number of amides is 2. The third kappa shape index (κ3) is 2.77. The highest BCUT2D eigenvalue weighted by molar-refractivity contribution is 9.10. The summed E-state index contributed by atoms with van der Waals surface area (Å²) in [5.74, 6) is 0.268. The number of nitrogens with zero attached hydrogens (tertiary/aromatic N) is 1. The first-order valence-electron chi connectivity index (χ1n) is 6.81. The number of hydrogen-bond donors (Lipinski definition) is 1. The van der Waals surface area contributed by atoms with Gasteiger partial charge in [0.1, 0.15) is 17.3 Å². The van der Waals surface area contributed by atoms with Gasteiger partial charge in [-0.1, -0.05) is 22.9 Å². The van der Waals surface area contributed by atoms with E-state index in [9.17, 15) is 9.59 Å². The molecule has 1 aliphatic heterocycles. The van der Waals surface area contributed by atoms with E-state index < -0.39 is 11.6 Å². The minimum atomic E-state index is -0.934. The Labute approximate surface area is 132 Å². The highest BCUT2D eigenvalue weighted by atomic mass is 79.9. The number of anilines is 1. The first kappa shape index (κ1) is 15.8. The van der Waals surface area contributed by atoms with Gasteiger partial charge >= 0.3 is 0 Å². The molecule has 21 heavy (non-hydrogen) atoms. The number of carbonyl (C=O) groups excluding carboxylic acids is 2. The van der Waals surface area contributed by atoms with Gasteiger partial charge in [0.25, 0.3) is 5.91 Å². The summed E-state index contributed by atoms with van der Waals surface area (Å²) in [6, 6.07) is 4.88. The van der Waals surface area contributed by atoms with Crippen LogP contribution in [0.15, 0.2) is 22.7 Å². The molecule has 1 N–H and O–H groups in total. The zero-order valence-corrected chi connectivity index (χ0v) is 14.2. The van der Waals surface area contributed by atoms with Crippen LogP contribution in [0.2, 0.25) is 0 Å². The first-order chi connectivity index (χ1) is 9.81. The van der Waals surface area contributed by atoms with Crippen molar-refractivity contribution in [1.29, 1.82) is 0 Å². The Balaban J connectivity index is 2.59. The number of ether oxygens (including phenoxy) is 1. The van der Waals surface area contributed by atoms with Crippen LogP contribution < -0.4 is 15.0 Å². The van der Waals surface area contributed by atoms with E-state index in [4.69, 9.17) is 4.74 Å². The van der Waals surface area contributed by atoms with Crippen LogP contribution in [-0.4, -0.2) is 30.5 Å². The molecule has 1 fully saturated rings. The van der Waals surface area contributed by atoms with Crippen molar-refractivity contribution in [3.63, 3.8) is 0 Å². The van der Waals surface area contributed by atoms with Gasteiger partial charge < -0.3 is 10.1 Å². The lowest BCUT2D eigenvalue weighted by Gasteiger charge is -2.42. The molecule has 1 aromatic carbocycles. The molecule has 1 aromatic rings. The van der Waals surface area contributed by atoms with E-state index in [2.05, 4.69) is 21.2 Å². The topological polar surface area (TPSA) is 58.6 Å². The van der Waals surface area contributed by atoms with Crippen molar-refractivity contribution in [1.82, 2.24) is 5.32 Å². The molecule has 114 valence electrons. The molecule has 0 radical (unpaired) electrons. The van der Waals surface area contributed by atoms with Gasteiger partial charge in [-0.05, 0) is 38.5 Å². The highest BCUT2D eigenvalue weighted by Gasteiger charge is 2.46. The summed E-state index contributed by atoms with van der Waals surface area (Å²) in [5, 5.41) is 2.78. The summed E-state index contributed by atoms with van der Waals surface area (Å²) in [4.78, 5) is 26.6. The zero-order chi connectivity index (χ0) is 15.8. The maximum atomic E-state index is 12.8. The minimum Gasteiger partial charge on any atom is -0.495 e. The maximum Gasteiger partial charge on any atom is 0.253 e. The van der Waals surface area contributed by atoms with Crippen LogP contribution in [0.4, 0.5) is 5.69 Å².